The Balaban J connectivity index is 2.06. The van der Waals surface area contributed by atoms with Gasteiger partial charge in [0.25, 0.3) is 17.2 Å². The van der Waals surface area contributed by atoms with Crippen LogP contribution >= 0.6 is 0 Å². The number of ether oxygens (including phenoxy) is 1. The molecule has 0 aliphatic rings. The van der Waals surface area contributed by atoms with E-state index in [-0.39, 0.29) is 5.52 Å². The molecule has 1 aromatic heterocycles. The second-order valence-corrected chi connectivity index (χ2v) is 6.89. The maximum absolute atomic E-state index is 13.0. The average Bonchev–Trinajstić information content (AvgIpc) is 2.75. The van der Waals surface area contributed by atoms with Gasteiger partial charge in [0.1, 0.15) is 11.6 Å². The zero-order valence-electron chi connectivity index (χ0n) is 17.0. The predicted octanol–water partition coefficient (Wildman–Crippen LogP) is 1.57. The Hall–Kier alpha value is -4.14. The number of carbonyl (C=O) groups excluding carboxylic acids is 4. The highest BCUT2D eigenvalue weighted by molar-refractivity contribution is 6.52. The van der Waals surface area contributed by atoms with Crippen LogP contribution in [0.25, 0.3) is 11.0 Å². The van der Waals surface area contributed by atoms with Crippen molar-refractivity contribution in [1.29, 1.82) is 0 Å². The smallest absolute Gasteiger partial charge is 0.375 e. The number of nitrogens with one attached hydrogen (secondary N) is 2. The predicted molar refractivity (Wildman–Crippen MR) is 112 cm³/mol. The summed E-state index contributed by atoms with van der Waals surface area (Å²) in [5, 5.41) is 2.44. The van der Waals surface area contributed by atoms with Crippen LogP contribution in [0.15, 0.2) is 47.3 Å². The minimum Gasteiger partial charge on any atom is -0.463 e. The van der Waals surface area contributed by atoms with Crippen LogP contribution < -0.4 is 10.9 Å². The lowest BCUT2D eigenvalue weighted by atomic mass is 9.94. The molecule has 0 saturated heterocycles. The molecule has 31 heavy (non-hydrogen) atoms. The van der Waals surface area contributed by atoms with Crippen LogP contribution in [0.5, 0.6) is 0 Å². The first-order chi connectivity index (χ1) is 14.7. The standard InChI is InChI=1S/C22H19N3O6/c1-11-8-9-12(2)15(10-11)25-21(29)18(26)16(19(27)22(30)31-3)17-20(28)24-14-7-5-4-6-13(14)23-17/h4-10,16H,1-3H3,(H,24,28)(H,25,29). The normalized spacial score (nSPS) is 11.6. The van der Waals surface area contributed by atoms with Gasteiger partial charge >= 0.3 is 5.97 Å². The zero-order chi connectivity index (χ0) is 22.7. The molecule has 0 aliphatic carbocycles. The minimum atomic E-state index is -2.05. The maximum Gasteiger partial charge on any atom is 0.375 e. The van der Waals surface area contributed by atoms with E-state index in [0.717, 1.165) is 12.7 Å². The van der Waals surface area contributed by atoms with E-state index in [2.05, 4.69) is 20.0 Å². The Labute approximate surface area is 176 Å². The quantitative estimate of drug-likeness (QED) is 0.350. The van der Waals surface area contributed by atoms with Gasteiger partial charge in [0.15, 0.2) is 0 Å². The number of ketones is 2. The second kappa shape index (κ2) is 8.70. The van der Waals surface area contributed by atoms with Crippen molar-refractivity contribution in [1.82, 2.24) is 9.97 Å². The Kier molecular flexibility index (Phi) is 6.05. The van der Waals surface area contributed by atoms with Crippen LogP contribution in [0.2, 0.25) is 0 Å². The van der Waals surface area contributed by atoms with Crippen LogP contribution in [0.1, 0.15) is 22.7 Å². The Morgan fingerprint density at radius 1 is 1.03 bits per heavy atom. The van der Waals surface area contributed by atoms with E-state index in [1.165, 1.54) is 0 Å². The number of hydrogen-bond acceptors (Lipinski definition) is 7. The molecule has 1 atom stereocenters. The molecule has 1 unspecified atom stereocenters. The number of Topliss-reactive ketones (excluding diaryl/α,β-unsaturated/α-hetero) is 2. The van der Waals surface area contributed by atoms with Crippen molar-refractivity contribution in [2.24, 2.45) is 0 Å². The summed E-state index contributed by atoms with van der Waals surface area (Å²) >= 11 is 0. The average molecular weight is 421 g/mol. The van der Waals surface area contributed by atoms with Gasteiger partial charge in [-0.05, 0) is 43.2 Å². The number of anilines is 1. The van der Waals surface area contributed by atoms with E-state index in [4.69, 9.17) is 0 Å². The van der Waals surface area contributed by atoms with Gasteiger partial charge < -0.3 is 15.0 Å². The monoisotopic (exact) mass is 421 g/mol. The van der Waals surface area contributed by atoms with Crippen LogP contribution in [0.3, 0.4) is 0 Å². The van der Waals surface area contributed by atoms with Gasteiger partial charge in [-0.15, -0.1) is 0 Å². The number of fused-ring (bicyclic) bond motifs is 1. The summed E-state index contributed by atoms with van der Waals surface area (Å²) in [6, 6.07) is 11.7. The molecule has 0 bridgehead atoms. The van der Waals surface area contributed by atoms with E-state index in [9.17, 15) is 24.0 Å². The first kappa shape index (κ1) is 21.6. The number of amides is 1. The molecule has 2 aromatic carbocycles. The zero-order valence-corrected chi connectivity index (χ0v) is 17.0. The van der Waals surface area contributed by atoms with E-state index >= 15 is 0 Å². The first-order valence-corrected chi connectivity index (χ1v) is 9.26. The molecular formula is C22H19N3O6. The second-order valence-electron chi connectivity index (χ2n) is 6.89. The lowest BCUT2D eigenvalue weighted by Gasteiger charge is -2.14. The number of rotatable bonds is 6. The molecular weight excluding hydrogens is 402 g/mol. The third kappa shape index (κ3) is 4.40. The Bertz CT molecular complexity index is 1280. The van der Waals surface area contributed by atoms with Crippen molar-refractivity contribution in [3.05, 3.63) is 69.6 Å². The summed E-state index contributed by atoms with van der Waals surface area (Å²) in [4.78, 5) is 69.3. The molecule has 3 aromatic rings. The molecule has 0 saturated carbocycles. The number of aromatic nitrogens is 2. The highest BCUT2D eigenvalue weighted by Gasteiger charge is 2.40. The number of para-hydroxylation sites is 2. The number of nitrogens with zero attached hydrogens (tertiary/aromatic N) is 1. The van der Waals surface area contributed by atoms with Crippen molar-refractivity contribution in [2.45, 2.75) is 19.8 Å². The molecule has 9 nitrogen and oxygen atoms in total. The van der Waals surface area contributed by atoms with Gasteiger partial charge in [-0.1, -0.05) is 24.3 Å². The van der Waals surface area contributed by atoms with Crippen molar-refractivity contribution >= 4 is 40.2 Å². The Morgan fingerprint density at radius 2 is 1.74 bits per heavy atom. The van der Waals surface area contributed by atoms with E-state index in [0.29, 0.717) is 16.8 Å². The van der Waals surface area contributed by atoms with Gasteiger partial charge in [-0.2, -0.15) is 0 Å². The van der Waals surface area contributed by atoms with Crippen LogP contribution in [-0.2, 0) is 23.9 Å². The molecule has 1 amide bonds. The molecule has 2 N–H and O–H groups in total. The van der Waals surface area contributed by atoms with Gasteiger partial charge in [0, 0.05) is 5.69 Å². The van der Waals surface area contributed by atoms with Crippen molar-refractivity contribution in [2.75, 3.05) is 12.4 Å². The number of aromatic amines is 1. The summed E-state index contributed by atoms with van der Waals surface area (Å²) in [6.07, 6.45) is 0. The maximum atomic E-state index is 13.0. The first-order valence-electron chi connectivity index (χ1n) is 9.26. The lowest BCUT2D eigenvalue weighted by molar-refractivity contribution is -0.154. The van der Waals surface area contributed by atoms with E-state index in [1.54, 1.807) is 50.2 Å². The topological polar surface area (TPSA) is 135 Å². The van der Waals surface area contributed by atoms with Gasteiger partial charge in [0.2, 0.25) is 5.78 Å². The third-order valence-electron chi connectivity index (χ3n) is 4.68. The SMILES string of the molecule is COC(=O)C(=O)C(C(=O)C(=O)Nc1cc(C)ccc1C)c1nc2ccccc2[nH]c1=O. The summed E-state index contributed by atoms with van der Waals surface area (Å²) in [5.41, 5.74) is 1.11. The van der Waals surface area contributed by atoms with E-state index in [1.807, 2.05) is 6.07 Å². The fraction of sp³-hybridized carbons (Fsp3) is 0.182. The summed E-state index contributed by atoms with van der Waals surface area (Å²) in [6.45, 7) is 3.53. The van der Waals surface area contributed by atoms with Crippen molar-refractivity contribution in [3.8, 4) is 0 Å². The summed E-state index contributed by atoms with van der Waals surface area (Å²) in [5.74, 6) is -7.25. The number of methoxy groups -OCH3 is 1. The van der Waals surface area contributed by atoms with Crippen molar-refractivity contribution in [3.63, 3.8) is 0 Å². The molecule has 3 rings (SSSR count). The fourth-order valence-electron chi connectivity index (χ4n) is 3.01. The number of benzene rings is 2. The summed E-state index contributed by atoms with van der Waals surface area (Å²) < 4.78 is 4.41. The number of aryl methyl sites for hydroxylation is 2. The Morgan fingerprint density at radius 3 is 2.45 bits per heavy atom. The number of esters is 1. The van der Waals surface area contributed by atoms with Gasteiger partial charge in [0.05, 0.1) is 18.1 Å². The number of hydrogen-bond donors (Lipinski definition) is 2. The summed E-state index contributed by atoms with van der Waals surface area (Å²) in [7, 11) is 0.954. The highest BCUT2D eigenvalue weighted by Crippen LogP contribution is 2.20. The van der Waals surface area contributed by atoms with Gasteiger partial charge in [-0.25, -0.2) is 9.78 Å². The molecule has 0 radical (unpaired) electrons. The lowest BCUT2D eigenvalue weighted by Crippen LogP contribution is -2.39. The molecule has 0 spiro atoms. The highest BCUT2D eigenvalue weighted by atomic mass is 16.5. The van der Waals surface area contributed by atoms with Crippen LogP contribution in [-0.4, -0.2) is 40.5 Å². The largest absolute Gasteiger partial charge is 0.463 e. The van der Waals surface area contributed by atoms with Gasteiger partial charge in [-0.3, -0.25) is 19.2 Å². The molecule has 9 heteroatoms. The minimum absolute atomic E-state index is 0.280. The molecule has 0 fully saturated rings. The third-order valence-corrected chi connectivity index (χ3v) is 4.68. The molecule has 1 heterocycles. The number of H-pyrrole nitrogens is 1. The molecule has 158 valence electrons. The van der Waals surface area contributed by atoms with Crippen LogP contribution in [0, 0.1) is 13.8 Å². The van der Waals surface area contributed by atoms with Crippen LogP contribution in [0.4, 0.5) is 5.69 Å². The fourth-order valence-corrected chi connectivity index (χ4v) is 3.01. The molecule has 0 aliphatic heterocycles. The van der Waals surface area contributed by atoms with Crippen molar-refractivity contribution < 1.29 is 23.9 Å². The van der Waals surface area contributed by atoms with E-state index < -0.39 is 40.6 Å². The number of carbonyl (C=O) groups is 4.